The van der Waals surface area contributed by atoms with Crippen LogP contribution in [0.25, 0.3) is 5.69 Å². The summed E-state index contributed by atoms with van der Waals surface area (Å²) in [6.07, 6.45) is 5.93. The molecule has 1 atom stereocenters. The summed E-state index contributed by atoms with van der Waals surface area (Å²) in [5, 5.41) is 14.5. The van der Waals surface area contributed by atoms with Crippen molar-refractivity contribution in [1.29, 1.82) is 0 Å². The molecule has 2 N–H and O–H groups in total. The molecule has 1 aliphatic rings. The van der Waals surface area contributed by atoms with Gasteiger partial charge in [-0.1, -0.05) is 98.1 Å². The zero-order chi connectivity index (χ0) is 34.9. The Balaban J connectivity index is 1.82. The molecule has 0 saturated heterocycles. The van der Waals surface area contributed by atoms with Gasteiger partial charge < -0.3 is 10.4 Å². The fourth-order valence-electron chi connectivity index (χ4n) is 6.81. The van der Waals surface area contributed by atoms with Crippen molar-refractivity contribution >= 4 is 17.5 Å². The summed E-state index contributed by atoms with van der Waals surface area (Å²) in [5.41, 5.74) is 1.85. The molecule has 1 aromatic heterocycles. The van der Waals surface area contributed by atoms with Crippen LogP contribution in [0.2, 0.25) is 0 Å². The van der Waals surface area contributed by atoms with Crippen molar-refractivity contribution in [3.8, 4) is 11.4 Å². The lowest BCUT2D eigenvalue weighted by Crippen LogP contribution is -2.61. The van der Waals surface area contributed by atoms with E-state index >= 15 is 0 Å². The van der Waals surface area contributed by atoms with Gasteiger partial charge in [0.25, 0.3) is 5.56 Å². The molecule has 0 spiro atoms. The molecule has 8 heteroatoms. The van der Waals surface area contributed by atoms with Crippen LogP contribution < -0.4 is 15.8 Å². The first-order chi connectivity index (χ1) is 21.9. The molecular formula is C39H56N4O4. The van der Waals surface area contributed by atoms with Crippen LogP contribution >= 0.6 is 0 Å². The van der Waals surface area contributed by atoms with E-state index in [1.807, 2.05) is 56.3 Å². The zero-order valence-corrected chi connectivity index (χ0v) is 30.3. The van der Waals surface area contributed by atoms with Gasteiger partial charge in [0.1, 0.15) is 17.0 Å². The van der Waals surface area contributed by atoms with Crippen molar-refractivity contribution in [3.63, 3.8) is 0 Å². The Morgan fingerprint density at radius 3 is 2.00 bits per heavy atom. The van der Waals surface area contributed by atoms with Gasteiger partial charge in [0.2, 0.25) is 11.8 Å². The van der Waals surface area contributed by atoms with E-state index in [0.29, 0.717) is 30.0 Å². The summed E-state index contributed by atoms with van der Waals surface area (Å²) in [7, 11) is 1.81. The van der Waals surface area contributed by atoms with Crippen molar-refractivity contribution in [2.24, 2.45) is 7.05 Å². The first-order valence-electron chi connectivity index (χ1n) is 17.3. The maximum Gasteiger partial charge on any atom is 0.295 e. The molecule has 8 nitrogen and oxygen atoms in total. The number of aromatic hydroxyl groups is 1. The predicted molar refractivity (Wildman–Crippen MR) is 191 cm³/mol. The van der Waals surface area contributed by atoms with Crippen LogP contribution in [-0.4, -0.2) is 37.9 Å². The number of hydrogen-bond donors (Lipinski definition) is 2. The molecule has 0 bridgehead atoms. The maximum absolute atomic E-state index is 14.7. The van der Waals surface area contributed by atoms with E-state index in [1.165, 1.54) is 4.90 Å². The van der Waals surface area contributed by atoms with Gasteiger partial charge in [0.05, 0.1) is 11.4 Å². The van der Waals surface area contributed by atoms with Crippen LogP contribution in [0.4, 0.5) is 5.69 Å². The van der Waals surface area contributed by atoms with Gasteiger partial charge >= 0.3 is 0 Å². The smallest absolute Gasteiger partial charge is 0.295 e. The Morgan fingerprint density at radius 1 is 0.936 bits per heavy atom. The number of nitrogens with one attached hydrogen (secondary N) is 1. The number of aromatic nitrogens is 2. The van der Waals surface area contributed by atoms with E-state index in [1.54, 1.807) is 23.3 Å². The lowest BCUT2D eigenvalue weighted by atomic mass is 9.78. The Kier molecular flexibility index (Phi) is 10.5. The van der Waals surface area contributed by atoms with Crippen molar-refractivity contribution in [2.45, 2.75) is 136 Å². The van der Waals surface area contributed by atoms with Crippen molar-refractivity contribution in [2.75, 3.05) is 4.90 Å². The van der Waals surface area contributed by atoms with E-state index in [0.717, 1.165) is 48.8 Å². The van der Waals surface area contributed by atoms with Gasteiger partial charge in [-0.3, -0.25) is 24.0 Å². The number of phenolic OH excluding ortho intramolecular Hbond substituents is 1. The highest BCUT2D eigenvalue weighted by molar-refractivity contribution is 6.03. The summed E-state index contributed by atoms with van der Waals surface area (Å²) in [6.45, 7) is 17.9. The van der Waals surface area contributed by atoms with Crippen molar-refractivity contribution in [1.82, 2.24) is 14.7 Å². The number of carbonyl (C=O) groups excluding carboxylic acids is 2. The minimum Gasteiger partial charge on any atom is -0.507 e. The zero-order valence-electron chi connectivity index (χ0n) is 30.3. The quantitative estimate of drug-likeness (QED) is 0.254. The normalized spacial score (nSPS) is 15.7. The summed E-state index contributed by atoms with van der Waals surface area (Å²) >= 11 is 0. The molecule has 3 aromatic rings. The highest BCUT2D eigenvalue weighted by Crippen LogP contribution is 2.40. The van der Waals surface area contributed by atoms with Crippen molar-refractivity contribution < 1.29 is 14.7 Å². The second-order valence-corrected chi connectivity index (χ2v) is 15.6. The Bertz CT molecular complexity index is 1610. The number of anilines is 1. The third kappa shape index (κ3) is 7.37. The van der Waals surface area contributed by atoms with Crippen LogP contribution in [0, 0.1) is 6.92 Å². The average Bonchev–Trinajstić information content (AvgIpc) is 3.23. The molecule has 1 saturated carbocycles. The Labute approximate surface area is 281 Å². The topological polar surface area (TPSA) is 96.6 Å². The molecule has 2 amide bonds. The molecule has 256 valence electrons. The predicted octanol–water partition coefficient (Wildman–Crippen LogP) is 7.37. The molecule has 2 aromatic carbocycles. The second-order valence-electron chi connectivity index (χ2n) is 15.6. The lowest BCUT2D eigenvalue weighted by molar-refractivity contribution is -0.131. The third-order valence-corrected chi connectivity index (χ3v) is 10.0. The molecule has 0 radical (unpaired) electrons. The molecule has 0 aliphatic heterocycles. The van der Waals surface area contributed by atoms with Crippen molar-refractivity contribution in [3.05, 3.63) is 75.2 Å². The average molecular weight is 645 g/mol. The summed E-state index contributed by atoms with van der Waals surface area (Å²) in [6, 6.07) is 13.4. The lowest BCUT2D eigenvalue weighted by Gasteiger charge is -2.40. The number of phenols is 1. The highest BCUT2D eigenvalue weighted by atomic mass is 16.3. The second kappa shape index (κ2) is 13.7. The molecular weight excluding hydrogens is 588 g/mol. The van der Waals surface area contributed by atoms with E-state index in [9.17, 15) is 19.5 Å². The monoisotopic (exact) mass is 644 g/mol. The first kappa shape index (κ1) is 36.0. The van der Waals surface area contributed by atoms with E-state index in [-0.39, 0.29) is 46.4 Å². The fraction of sp³-hybridized carbons (Fsp3) is 0.564. The molecule has 47 heavy (non-hydrogen) atoms. The van der Waals surface area contributed by atoms with Crippen LogP contribution in [0.15, 0.2) is 47.3 Å². The van der Waals surface area contributed by atoms with Gasteiger partial charge in [-0.25, -0.2) is 4.68 Å². The first-order valence-corrected chi connectivity index (χ1v) is 17.3. The molecule has 4 rings (SSSR count). The fourth-order valence-corrected chi connectivity index (χ4v) is 6.81. The van der Waals surface area contributed by atoms with E-state index in [2.05, 4.69) is 46.9 Å². The SMILES string of the molecule is CC[C@@](C)(C(=O)NC1CCCCC1)N(C(=O)CCc1cc(C(C)(C)C)c(O)c(C(C)(C)C)c1)c1c(C)n(C)n(-c2ccccc2)c1=O. The largest absolute Gasteiger partial charge is 0.507 e. The van der Waals surface area contributed by atoms with Gasteiger partial charge in [0.15, 0.2) is 0 Å². The molecule has 1 heterocycles. The number of rotatable bonds is 9. The number of para-hydroxylation sites is 1. The number of hydrogen-bond acceptors (Lipinski definition) is 4. The molecule has 1 aliphatic carbocycles. The van der Waals surface area contributed by atoms with Gasteiger partial charge in [-0.15, -0.1) is 0 Å². The minimum atomic E-state index is -1.30. The Hall–Kier alpha value is -3.81. The number of benzene rings is 2. The van der Waals surface area contributed by atoms with E-state index < -0.39 is 5.54 Å². The third-order valence-electron chi connectivity index (χ3n) is 10.0. The van der Waals surface area contributed by atoms with Gasteiger partial charge in [-0.2, -0.15) is 0 Å². The molecule has 0 unspecified atom stereocenters. The number of amides is 2. The van der Waals surface area contributed by atoms with Crippen LogP contribution in [0.5, 0.6) is 5.75 Å². The summed E-state index contributed by atoms with van der Waals surface area (Å²) < 4.78 is 3.32. The van der Waals surface area contributed by atoms with Gasteiger partial charge in [-0.05, 0) is 79.2 Å². The van der Waals surface area contributed by atoms with Gasteiger partial charge in [0, 0.05) is 19.5 Å². The standard InChI is InChI=1S/C39H56N4O4/c1-11-39(9,36(47)40-28-18-14-12-15-19-28)42(33-26(2)41(10)43(35(33)46)29-20-16-13-17-21-29)32(44)23-22-27-24-30(37(3,4)5)34(45)31(25-27)38(6,7)8/h13,16-17,20-21,24-25,28,45H,11-12,14-15,18-19,22-23H2,1-10H3,(H,40,47)/t39-/m0/s1. The van der Waals surface area contributed by atoms with Crippen LogP contribution in [-0.2, 0) is 33.9 Å². The number of aryl methyl sites for hydroxylation is 1. The van der Waals surface area contributed by atoms with Crippen LogP contribution in [0.3, 0.4) is 0 Å². The Morgan fingerprint density at radius 2 is 1.49 bits per heavy atom. The molecule has 1 fully saturated rings. The minimum absolute atomic E-state index is 0.0561. The number of carbonyl (C=O) groups is 2. The van der Waals surface area contributed by atoms with E-state index in [4.69, 9.17) is 0 Å². The summed E-state index contributed by atoms with van der Waals surface area (Å²) in [5.74, 6) is -0.230. The van der Waals surface area contributed by atoms with Crippen LogP contribution in [0.1, 0.15) is 123 Å². The number of nitrogens with zero attached hydrogens (tertiary/aromatic N) is 3. The summed E-state index contributed by atoms with van der Waals surface area (Å²) in [4.78, 5) is 44.7. The highest BCUT2D eigenvalue weighted by Gasteiger charge is 2.45. The maximum atomic E-state index is 14.7.